The van der Waals surface area contributed by atoms with Gasteiger partial charge in [0.05, 0.1) is 5.52 Å². The molecule has 1 aromatic carbocycles. The summed E-state index contributed by atoms with van der Waals surface area (Å²) < 4.78 is 13.8. The molecule has 0 fully saturated rings. The number of aromatic nitrogens is 2. The zero-order valence-corrected chi connectivity index (χ0v) is 19.7. The lowest BCUT2D eigenvalue weighted by molar-refractivity contribution is -0.118. The van der Waals surface area contributed by atoms with Gasteiger partial charge in [-0.1, -0.05) is 0 Å². The van der Waals surface area contributed by atoms with Crippen molar-refractivity contribution in [1.82, 2.24) is 14.3 Å². The maximum atomic E-state index is 11.2. The van der Waals surface area contributed by atoms with Crippen LogP contribution < -0.4 is 14.8 Å². The third-order valence-corrected chi connectivity index (χ3v) is 6.35. The number of hydrogen-bond donors (Lipinski definition) is 1. The van der Waals surface area contributed by atoms with Crippen molar-refractivity contribution in [2.75, 3.05) is 19.8 Å². The summed E-state index contributed by atoms with van der Waals surface area (Å²) >= 11 is 2.29. The van der Waals surface area contributed by atoms with Crippen LogP contribution in [0.15, 0.2) is 36.5 Å². The highest BCUT2D eigenvalue weighted by Crippen LogP contribution is 2.34. The second-order valence-electron chi connectivity index (χ2n) is 6.67. The standard InChI is InChI=1S/C21H24IN3O3S/c1-14-12-18(6-8-23-14)28-11-10-27-17-4-5-21-20(13-17)19(7-9-24-16(3)26)15(2)25(21)29-22/h4-6,8,12-13H,7,9-11H2,1-3H3,(H,24,26). The summed E-state index contributed by atoms with van der Waals surface area (Å²) in [6.45, 7) is 7.11. The predicted molar refractivity (Wildman–Crippen MR) is 126 cm³/mol. The molecule has 0 bridgehead atoms. The fourth-order valence-electron chi connectivity index (χ4n) is 3.22. The molecule has 2 aromatic heterocycles. The summed E-state index contributed by atoms with van der Waals surface area (Å²) in [7, 11) is 1.64. The molecule has 0 spiro atoms. The Hall–Kier alpha value is -1.94. The summed E-state index contributed by atoms with van der Waals surface area (Å²) in [5.74, 6) is 1.59. The SMILES string of the molecule is CC(=O)NCCc1c(C)n(SI)c2ccc(OCCOc3ccnc(C)c3)cc12. The number of rotatable bonds is 9. The molecule has 2 heterocycles. The van der Waals surface area contributed by atoms with Crippen molar-refractivity contribution in [1.29, 1.82) is 0 Å². The molecular formula is C21H24IN3O3S. The van der Waals surface area contributed by atoms with Crippen molar-refractivity contribution in [3.05, 3.63) is 53.5 Å². The number of ether oxygens (including phenoxy) is 2. The lowest BCUT2D eigenvalue weighted by atomic mass is 10.1. The molecule has 3 aromatic rings. The number of nitrogens with one attached hydrogen (secondary N) is 1. The minimum Gasteiger partial charge on any atom is -0.490 e. The van der Waals surface area contributed by atoms with Gasteiger partial charge in [0.25, 0.3) is 0 Å². The minimum absolute atomic E-state index is 0.0110. The van der Waals surface area contributed by atoms with E-state index in [1.165, 1.54) is 18.2 Å². The van der Waals surface area contributed by atoms with E-state index in [4.69, 9.17) is 9.47 Å². The number of benzene rings is 1. The molecule has 0 aliphatic heterocycles. The van der Waals surface area contributed by atoms with Crippen LogP contribution in [0.25, 0.3) is 10.9 Å². The normalized spacial score (nSPS) is 10.9. The van der Waals surface area contributed by atoms with Crippen molar-refractivity contribution in [3.63, 3.8) is 0 Å². The minimum atomic E-state index is -0.0110. The average molecular weight is 525 g/mol. The third kappa shape index (κ3) is 5.57. The number of aryl methyl sites for hydroxylation is 1. The number of pyridine rings is 1. The highest BCUT2D eigenvalue weighted by Gasteiger charge is 2.15. The predicted octanol–water partition coefficient (Wildman–Crippen LogP) is 4.64. The van der Waals surface area contributed by atoms with E-state index in [1.807, 2.05) is 25.1 Å². The first kappa shape index (κ1) is 21.8. The fourth-order valence-corrected chi connectivity index (χ4v) is 5.19. The van der Waals surface area contributed by atoms with Gasteiger partial charge in [-0.05, 0) is 50.1 Å². The van der Waals surface area contributed by atoms with Crippen LogP contribution in [-0.4, -0.2) is 34.6 Å². The lowest BCUT2D eigenvalue weighted by Gasteiger charge is -2.09. The summed E-state index contributed by atoms with van der Waals surface area (Å²) in [6.07, 6.45) is 2.51. The topological polar surface area (TPSA) is 65.4 Å². The number of carbonyl (C=O) groups is 1. The molecule has 8 heteroatoms. The molecule has 1 amide bonds. The van der Waals surface area contributed by atoms with Gasteiger partial charge in [-0.3, -0.25) is 13.8 Å². The van der Waals surface area contributed by atoms with E-state index in [9.17, 15) is 4.79 Å². The van der Waals surface area contributed by atoms with E-state index in [-0.39, 0.29) is 5.91 Å². The van der Waals surface area contributed by atoms with Gasteiger partial charge in [-0.2, -0.15) is 0 Å². The first-order valence-corrected chi connectivity index (χ1v) is 12.7. The van der Waals surface area contributed by atoms with Crippen LogP contribution in [0.5, 0.6) is 11.5 Å². The Balaban J connectivity index is 1.69. The Kier molecular flexibility index (Phi) is 7.65. The van der Waals surface area contributed by atoms with Crippen LogP contribution in [0.2, 0.25) is 0 Å². The number of halogens is 1. The van der Waals surface area contributed by atoms with Crippen molar-refractivity contribution < 1.29 is 14.3 Å². The van der Waals surface area contributed by atoms with Gasteiger partial charge in [0.2, 0.25) is 5.91 Å². The lowest BCUT2D eigenvalue weighted by Crippen LogP contribution is -2.22. The van der Waals surface area contributed by atoms with Crippen LogP contribution in [0.4, 0.5) is 0 Å². The zero-order chi connectivity index (χ0) is 20.8. The highest BCUT2D eigenvalue weighted by atomic mass is 127. The number of carbonyl (C=O) groups excluding carboxylic acids is 1. The molecule has 0 saturated heterocycles. The Morgan fingerprint density at radius 1 is 1.17 bits per heavy atom. The molecule has 0 atom stereocenters. The van der Waals surface area contributed by atoms with Gasteiger partial charge in [-0.15, -0.1) is 0 Å². The summed E-state index contributed by atoms with van der Waals surface area (Å²) in [5.41, 5.74) is 4.49. The Morgan fingerprint density at radius 3 is 2.55 bits per heavy atom. The van der Waals surface area contributed by atoms with Crippen LogP contribution in [0.3, 0.4) is 0 Å². The molecular weight excluding hydrogens is 501 g/mol. The second kappa shape index (κ2) is 10.2. The molecule has 0 aliphatic carbocycles. The van der Waals surface area contributed by atoms with E-state index >= 15 is 0 Å². The molecule has 1 N–H and O–H groups in total. The number of amides is 1. The zero-order valence-electron chi connectivity index (χ0n) is 16.7. The quantitative estimate of drug-likeness (QED) is 0.326. The molecule has 3 rings (SSSR count). The largest absolute Gasteiger partial charge is 0.490 e. The molecule has 0 aliphatic rings. The third-order valence-electron chi connectivity index (χ3n) is 4.56. The summed E-state index contributed by atoms with van der Waals surface area (Å²) in [4.78, 5) is 15.4. The van der Waals surface area contributed by atoms with E-state index in [2.05, 4.69) is 54.5 Å². The smallest absolute Gasteiger partial charge is 0.216 e. The van der Waals surface area contributed by atoms with Crippen LogP contribution in [0.1, 0.15) is 23.9 Å². The van der Waals surface area contributed by atoms with Gasteiger partial charge in [0.15, 0.2) is 0 Å². The number of fused-ring (bicyclic) bond motifs is 1. The molecule has 154 valence electrons. The van der Waals surface area contributed by atoms with Crippen molar-refractivity contribution >= 4 is 47.1 Å². The second-order valence-corrected chi connectivity index (χ2v) is 8.35. The molecule has 0 saturated carbocycles. The summed E-state index contributed by atoms with van der Waals surface area (Å²) in [6, 6.07) is 9.89. The molecule has 29 heavy (non-hydrogen) atoms. The van der Waals surface area contributed by atoms with Crippen LogP contribution in [0, 0.1) is 13.8 Å². The van der Waals surface area contributed by atoms with Crippen molar-refractivity contribution in [2.45, 2.75) is 27.2 Å². The monoisotopic (exact) mass is 525 g/mol. The number of nitrogens with zero attached hydrogens (tertiary/aromatic N) is 2. The van der Waals surface area contributed by atoms with Gasteiger partial charge in [0.1, 0.15) is 24.7 Å². The van der Waals surface area contributed by atoms with Crippen LogP contribution >= 0.6 is 30.3 Å². The Morgan fingerprint density at radius 2 is 1.90 bits per heavy atom. The van der Waals surface area contributed by atoms with E-state index in [0.29, 0.717) is 19.8 Å². The van der Waals surface area contributed by atoms with Gasteiger partial charge >= 0.3 is 0 Å². The molecule has 0 unspecified atom stereocenters. The van der Waals surface area contributed by atoms with E-state index in [1.54, 1.807) is 15.3 Å². The van der Waals surface area contributed by atoms with Crippen molar-refractivity contribution in [3.8, 4) is 11.5 Å². The van der Waals surface area contributed by atoms with Gasteiger partial charge in [-0.25, -0.2) is 0 Å². The molecule has 6 nitrogen and oxygen atoms in total. The molecule has 0 radical (unpaired) electrons. The van der Waals surface area contributed by atoms with Crippen LogP contribution in [-0.2, 0) is 11.2 Å². The van der Waals surface area contributed by atoms with E-state index < -0.39 is 0 Å². The maximum absolute atomic E-state index is 11.2. The van der Waals surface area contributed by atoms with Gasteiger partial charge in [0, 0.05) is 72.8 Å². The fraction of sp³-hybridized carbons (Fsp3) is 0.333. The van der Waals surface area contributed by atoms with Gasteiger partial charge < -0.3 is 14.8 Å². The maximum Gasteiger partial charge on any atom is 0.216 e. The van der Waals surface area contributed by atoms with Crippen molar-refractivity contribution in [2.24, 2.45) is 0 Å². The number of hydrogen-bond acceptors (Lipinski definition) is 5. The Labute approximate surface area is 187 Å². The summed E-state index contributed by atoms with van der Waals surface area (Å²) in [5, 5.41) is 4.03. The highest BCUT2D eigenvalue weighted by molar-refractivity contribution is 14.2. The Bertz CT molecular complexity index is 1010. The first-order valence-electron chi connectivity index (χ1n) is 9.35. The first-order chi connectivity index (χ1) is 14.0. The van der Waals surface area contributed by atoms with E-state index in [0.717, 1.165) is 34.5 Å². The average Bonchev–Trinajstić information content (AvgIpc) is 2.95.